The van der Waals surface area contributed by atoms with Crippen LogP contribution in [0, 0.1) is 0 Å². The topological polar surface area (TPSA) is 130 Å². The van der Waals surface area contributed by atoms with E-state index in [1.165, 1.54) is 6.20 Å². The highest BCUT2D eigenvalue weighted by molar-refractivity contribution is 7.92. The third-order valence-corrected chi connectivity index (χ3v) is 9.49. The minimum absolute atomic E-state index is 0.103. The zero-order valence-electron chi connectivity index (χ0n) is 23.5. The molecule has 0 spiro atoms. The van der Waals surface area contributed by atoms with E-state index in [0.29, 0.717) is 22.5 Å². The fourth-order valence-corrected chi connectivity index (χ4v) is 6.22. The monoisotopic (exact) mass is 598 g/mol. The van der Waals surface area contributed by atoms with E-state index in [0.717, 1.165) is 31.3 Å². The second kappa shape index (κ2) is 11.8. The van der Waals surface area contributed by atoms with Gasteiger partial charge in [0.25, 0.3) is 0 Å². The van der Waals surface area contributed by atoms with Crippen molar-refractivity contribution in [1.29, 1.82) is 0 Å². The van der Waals surface area contributed by atoms with Gasteiger partial charge in [0.05, 0.1) is 33.8 Å². The van der Waals surface area contributed by atoms with Crippen molar-refractivity contribution < 1.29 is 18.3 Å². The summed E-state index contributed by atoms with van der Waals surface area (Å²) in [6.07, 6.45) is 5.32. The number of anilines is 4. The minimum Gasteiger partial charge on any atom is -0.494 e. The van der Waals surface area contributed by atoms with Gasteiger partial charge in [-0.25, -0.2) is 13.4 Å². The van der Waals surface area contributed by atoms with Gasteiger partial charge in [-0.05, 0) is 71.3 Å². The van der Waals surface area contributed by atoms with Gasteiger partial charge in [-0.15, -0.1) is 0 Å². The summed E-state index contributed by atoms with van der Waals surface area (Å²) in [5.41, 5.74) is 0.929. The molecule has 0 bridgehead atoms. The Morgan fingerprint density at radius 1 is 1.15 bits per heavy atom. The zero-order valence-corrected chi connectivity index (χ0v) is 25.1. The van der Waals surface area contributed by atoms with Crippen LogP contribution in [0.25, 0.3) is 10.8 Å². The van der Waals surface area contributed by atoms with Crippen LogP contribution < -0.4 is 20.7 Å². The number of benzene rings is 2. The lowest BCUT2D eigenvalue weighted by atomic mass is 10.1. The van der Waals surface area contributed by atoms with Crippen LogP contribution in [0.15, 0.2) is 53.7 Å². The number of hydrogen-bond acceptors (Lipinski definition) is 9. The smallest absolute Gasteiger partial charge is 0.229 e. The molecular weight excluding hydrogens is 564 g/mol. The Balaban J connectivity index is 1.50. The summed E-state index contributed by atoms with van der Waals surface area (Å²) in [5, 5.41) is 22.0. The maximum atomic E-state index is 12.9. The number of hydrogen-bond donors (Lipinski definition) is 4. The summed E-state index contributed by atoms with van der Waals surface area (Å²) in [6, 6.07) is 10.5. The number of ether oxygens (including phenoxy) is 1. The van der Waals surface area contributed by atoms with Crippen molar-refractivity contribution in [2.45, 2.75) is 62.8 Å². The van der Waals surface area contributed by atoms with Crippen molar-refractivity contribution in [2.24, 2.45) is 0 Å². The minimum atomic E-state index is -3.56. The molecule has 218 valence electrons. The predicted octanol–water partition coefficient (Wildman–Crippen LogP) is 6.17. The van der Waals surface area contributed by atoms with Gasteiger partial charge in [-0.2, -0.15) is 4.98 Å². The fraction of sp³-hybridized carbons (Fsp3) is 0.379. The number of aromatic nitrogens is 3. The van der Waals surface area contributed by atoms with Crippen LogP contribution in [-0.4, -0.2) is 52.5 Å². The van der Waals surface area contributed by atoms with E-state index in [9.17, 15) is 13.5 Å². The van der Waals surface area contributed by atoms with Gasteiger partial charge in [-0.1, -0.05) is 23.7 Å². The number of nitrogens with one attached hydrogen (secondary N) is 3. The largest absolute Gasteiger partial charge is 0.494 e. The van der Waals surface area contributed by atoms with Gasteiger partial charge in [-0.3, -0.25) is 0 Å². The van der Waals surface area contributed by atoms with E-state index in [4.69, 9.17) is 16.3 Å². The number of aromatic hydroxyl groups is 1. The van der Waals surface area contributed by atoms with Crippen LogP contribution in [0.5, 0.6) is 11.6 Å². The number of nitrogens with zero attached hydrogens (tertiary/aromatic N) is 3. The number of halogens is 1. The van der Waals surface area contributed by atoms with Gasteiger partial charge in [0.2, 0.25) is 5.95 Å². The van der Waals surface area contributed by atoms with E-state index < -0.39 is 15.1 Å². The Bertz CT molecular complexity index is 1670. The van der Waals surface area contributed by atoms with Crippen molar-refractivity contribution in [2.75, 3.05) is 23.7 Å². The zero-order chi connectivity index (χ0) is 29.3. The molecule has 1 aliphatic rings. The molecule has 2 aromatic heterocycles. The van der Waals surface area contributed by atoms with Gasteiger partial charge in [0, 0.05) is 29.6 Å². The van der Waals surface area contributed by atoms with Crippen LogP contribution in [0.2, 0.25) is 5.02 Å². The molecule has 1 aliphatic heterocycles. The second-order valence-electron chi connectivity index (χ2n) is 10.7. The molecule has 2 aromatic carbocycles. The SMILES string of the molecule is CC(C)Oc1cc2cn([C@H]3CCCNC3)c(O)c2cc1Nc1ncc(Cl)c(Nc2ccccc2S(=O)(=O)C(C)C)n1. The third kappa shape index (κ3) is 6.07. The molecule has 1 saturated heterocycles. The lowest BCUT2D eigenvalue weighted by Gasteiger charge is -2.24. The highest BCUT2D eigenvalue weighted by atomic mass is 35.5. The van der Waals surface area contributed by atoms with Crippen molar-refractivity contribution >= 4 is 55.4 Å². The first kappa shape index (κ1) is 29.0. The van der Waals surface area contributed by atoms with E-state index >= 15 is 0 Å². The van der Waals surface area contributed by atoms with E-state index in [-0.39, 0.29) is 39.7 Å². The van der Waals surface area contributed by atoms with Gasteiger partial charge in [0.15, 0.2) is 21.5 Å². The van der Waals surface area contributed by atoms with Gasteiger partial charge in [0.1, 0.15) is 10.8 Å². The molecule has 12 heteroatoms. The summed E-state index contributed by atoms with van der Waals surface area (Å²) in [5.74, 6) is 1.22. The molecule has 0 radical (unpaired) electrons. The highest BCUT2D eigenvalue weighted by Gasteiger charge is 2.24. The number of piperidine rings is 1. The van der Waals surface area contributed by atoms with Crippen LogP contribution in [0.3, 0.4) is 0 Å². The molecular formula is C29H35ClN6O4S. The average molecular weight is 599 g/mol. The average Bonchev–Trinajstić information content (AvgIpc) is 3.26. The molecule has 5 rings (SSSR count). The molecule has 41 heavy (non-hydrogen) atoms. The summed E-state index contributed by atoms with van der Waals surface area (Å²) in [7, 11) is -3.56. The number of para-hydroxylation sites is 1. The van der Waals surface area contributed by atoms with Crippen LogP contribution >= 0.6 is 11.6 Å². The molecule has 0 amide bonds. The molecule has 3 heterocycles. The highest BCUT2D eigenvalue weighted by Crippen LogP contribution is 2.40. The summed E-state index contributed by atoms with van der Waals surface area (Å²) in [4.78, 5) is 9.03. The standard InChI is InChI=1S/C29H35ClN6O4S/c1-17(2)40-25-12-19-16-36(20-8-7-11-31-14-20)28(37)21(19)13-24(25)34-29-32-15-22(30)27(35-29)33-23-9-5-6-10-26(23)41(38,39)18(3)4/h5-6,9-10,12-13,15-18,20,31,37H,7-8,11,14H2,1-4H3,(H2,32,33,34,35)/t20-/m0/s1. The maximum absolute atomic E-state index is 12.9. The molecule has 0 aliphatic carbocycles. The van der Waals surface area contributed by atoms with E-state index in [2.05, 4.69) is 25.9 Å². The Labute approximate surface area is 245 Å². The Morgan fingerprint density at radius 2 is 1.93 bits per heavy atom. The van der Waals surface area contributed by atoms with Crippen molar-refractivity contribution in [3.8, 4) is 11.6 Å². The fourth-order valence-electron chi connectivity index (χ4n) is 4.88. The first-order valence-corrected chi connectivity index (χ1v) is 15.6. The third-order valence-electron chi connectivity index (χ3n) is 7.00. The van der Waals surface area contributed by atoms with Crippen molar-refractivity contribution in [3.63, 3.8) is 0 Å². The number of fused-ring (bicyclic) bond motifs is 1. The number of sulfone groups is 1. The maximum Gasteiger partial charge on any atom is 0.229 e. The first-order valence-electron chi connectivity index (χ1n) is 13.7. The molecule has 10 nitrogen and oxygen atoms in total. The second-order valence-corrected chi connectivity index (χ2v) is 13.6. The Hall–Kier alpha value is -3.54. The lowest BCUT2D eigenvalue weighted by Crippen LogP contribution is -2.31. The predicted molar refractivity (Wildman–Crippen MR) is 163 cm³/mol. The molecule has 0 saturated carbocycles. The van der Waals surface area contributed by atoms with E-state index in [1.54, 1.807) is 38.1 Å². The Kier molecular flexibility index (Phi) is 8.30. The molecule has 1 atom stereocenters. The normalized spacial score (nSPS) is 15.9. The molecule has 0 unspecified atom stereocenters. The summed E-state index contributed by atoms with van der Waals surface area (Å²) in [6.45, 7) is 8.93. The molecule has 4 aromatic rings. The molecule has 1 fully saturated rings. The van der Waals surface area contributed by atoms with Crippen LogP contribution in [0.1, 0.15) is 46.6 Å². The summed E-state index contributed by atoms with van der Waals surface area (Å²) >= 11 is 6.42. The number of rotatable bonds is 9. The van der Waals surface area contributed by atoms with Crippen molar-refractivity contribution in [1.82, 2.24) is 19.9 Å². The summed E-state index contributed by atoms with van der Waals surface area (Å²) < 4.78 is 33.9. The van der Waals surface area contributed by atoms with Crippen LogP contribution in [-0.2, 0) is 9.84 Å². The van der Waals surface area contributed by atoms with Crippen LogP contribution in [0.4, 0.5) is 23.1 Å². The molecule has 4 N–H and O–H groups in total. The van der Waals surface area contributed by atoms with Crippen molar-refractivity contribution in [3.05, 3.63) is 53.8 Å². The quantitative estimate of drug-likeness (QED) is 0.179. The first-order chi connectivity index (χ1) is 19.5. The van der Waals surface area contributed by atoms with E-state index in [1.807, 2.05) is 36.7 Å². The Morgan fingerprint density at radius 3 is 2.63 bits per heavy atom. The lowest BCUT2D eigenvalue weighted by molar-refractivity contribution is 0.244. The van der Waals surface area contributed by atoms with Gasteiger partial charge < -0.3 is 30.4 Å². The van der Waals surface area contributed by atoms with Gasteiger partial charge >= 0.3 is 0 Å².